The molecule has 0 aromatic heterocycles. The third kappa shape index (κ3) is 6.00. The van der Waals surface area contributed by atoms with Gasteiger partial charge in [-0.1, -0.05) is 29.3 Å². The molecule has 26 heavy (non-hydrogen) atoms. The Bertz CT molecular complexity index is 752. The van der Waals surface area contributed by atoms with E-state index in [0.717, 1.165) is 5.56 Å². The summed E-state index contributed by atoms with van der Waals surface area (Å²) in [7, 11) is 0. The van der Waals surface area contributed by atoms with Crippen LogP contribution in [0.5, 0.6) is 17.2 Å². The molecule has 0 saturated heterocycles. The molecule has 5 nitrogen and oxygen atoms in total. The summed E-state index contributed by atoms with van der Waals surface area (Å²) in [5.41, 5.74) is 0.898. The zero-order valence-corrected chi connectivity index (χ0v) is 16.2. The molecule has 2 aromatic carbocycles. The zero-order valence-electron chi connectivity index (χ0n) is 14.7. The number of rotatable bonds is 9. The minimum absolute atomic E-state index is 0.142. The monoisotopic (exact) mass is 397 g/mol. The molecule has 1 amide bonds. The number of benzene rings is 2. The highest BCUT2D eigenvalue weighted by Crippen LogP contribution is 2.29. The van der Waals surface area contributed by atoms with E-state index in [4.69, 9.17) is 37.4 Å². The molecule has 0 aliphatic heterocycles. The lowest BCUT2D eigenvalue weighted by Gasteiger charge is -2.13. The first-order valence-corrected chi connectivity index (χ1v) is 9.02. The van der Waals surface area contributed by atoms with Crippen molar-refractivity contribution in [2.45, 2.75) is 20.4 Å². The fourth-order valence-corrected chi connectivity index (χ4v) is 2.66. The van der Waals surface area contributed by atoms with Crippen LogP contribution in [-0.2, 0) is 11.3 Å². The van der Waals surface area contributed by atoms with Crippen molar-refractivity contribution < 1.29 is 19.0 Å². The van der Waals surface area contributed by atoms with Gasteiger partial charge in [-0.15, -0.1) is 0 Å². The van der Waals surface area contributed by atoms with E-state index >= 15 is 0 Å². The fourth-order valence-electron chi connectivity index (χ4n) is 2.19. The summed E-state index contributed by atoms with van der Waals surface area (Å²) < 4.78 is 16.5. The Morgan fingerprint density at radius 1 is 0.923 bits per heavy atom. The van der Waals surface area contributed by atoms with Crippen LogP contribution in [0.3, 0.4) is 0 Å². The van der Waals surface area contributed by atoms with Gasteiger partial charge in [0.2, 0.25) is 0 Å². The third-order valence-corrected chi connectivity index (χ3v) is 3.88. The van der Waals surface area contributed by atoms with E-state index in [1.165, 1.54) is 0 Å². The molecule has 0 spiro atoms. The lowest BCUT2D eigenvalue weighted by atomic mass is 10.2. The predicted octanol–water partition coefficient (Wildman–Crippen LogP) is 4.49. The van der Waals surface area contributed by atoms with E-state index in [-0.39, 0.29) is 12.5 Å². The van der Waals surface area contributed by atoms with E-state index in [1.807, 2.05) is 32.0 Å². The van der Waals surface area contributed by atoms with Crippen molar-refractivity contribution in [2.24, 2.45) is 0 Å². The molecule has 0 aliphatic carbocycles. The van der Waals surface area contributed by atoms with E-state index in [0.29, 0.717) is 47.1 Å². The first-order valence-electron chi connectivity index (χ1n) is 8.26. The highest BCUT2D eigenvalue weighted by atomic mass is 35.5. The lowest BCUT2D eigenvalue weighted by Crippen LogP contribution is -2.28. The van der Waals surface area contributed by atoms with Crippen molar-refractivity contribution in [3.8, 4) is 17.2 Å². The minimum atomic E-state index is -0.261. The van der Waals surface area contributed by atoms with Gasteiger partial charge in [0.05, 0.1) is 18.2 Å². The molecule has 1 N–H and O–H groups in total. The van der Waals surface area contributed by atoms with Crippen LogP contribution in [0, 0.1) is 0 Å². The average molecular weight is 398 g/mol. The predicted molar refractivity (Wildman–Crippen MR) is 103 cm³/mol. The molecule has 7 heteroatoms. The van der Waals surface area contributed by atoms with Crippen LogP contribution < -0.4 is 19.5 Å². The van der Waals surface area contributed by atoms with Crippen molar-refractivity contribution in [3.63, 3.8) is 0 Å². The number of carbonyl (C=O) groups excluding carboxylic acids is 1. The number of carbonyl (C=O) groups is 1. The van der Waals surface area contributed by atoms with Crippen molar-refractivity contribution in [1.82, 2.24) is 5.32 Å². The number of ether oxygens (including phenoxy) is 3. The Balaban J connectivity index is 1.89. The van der Waals surface area contributed by atoms with Gasteiger partial charge in [0, 0.05) is 11.6 Å². The molecule has 140 valence electrons. The van der Waals surface area contributed by atoms with Gasteiger partial charge in [-0.3, -0.25) is 4.79 Å². The normalized spacial score (nSPS) is 10.3. The van der Waals surface area contributed by atoms with Crippen LogP contribution in [0.25, 0.3) is 0 Å². The maximum Gasteiger partial charge on any atom is 0.258 e. The Hall–Kier alpha value is -2.11. The van der Waals surface area contributed by atoms with E-state index in [1.54, 1.807) is 18.2 Å². The summed E-state index contributed by atoms with van der Waals surface area (Å²) in [6, 6.07) is 10.4. The van der Waals surface area contributed by atoms with Crippen LogP contribution in [0.15, 0.2) is 36.4 Å². The van der Waals surface area contributed by atoms with Gasteiger partial charge >= 0.3 is 0 Å². The minimum Gasteiger partial charge on any atom is -0.490 e. The van der Waals surface area contributed by atoms with Gasteiger partial charge in [0.1, 0.15) is 5.75 Å². The van der Waals surface area contributed by atoms with E-state index < -0.39 is 0 Å². The Labute approximate surface area is 163 Å². The first kappa shape index (κ1) is 20.2. The van der Waals surface area contributed by atoms with Gasteiger partial charge < -0.3 is 19.5 Å². The van der Waals surface area contributed by atoms with Gasteiger partial charge in [-0.25, -0.2) is 0 Å². The molecule has 0 fully saturated rings. The van der Waals surface area contributed by atoms with Gasteiger partial charge in [0.25, 0.3) is 5.91 Å². The number of hydrogen-bond acceptors (Lipinski definition) is 4. The zero-order chi connectivity index (χ0) is 18.9. The second-order valence-corrected chi connectivity index (χ2v) is 6.13. The lowest BCUT2D eigenvalue weighted by molar-refractivity contribution is -0.123. The second kappa shape index (κ2) is 10.1. The maximum atomic E-state index is 12.0. The van der Waals surface area contributed by atoms with Crippen molar-refractivity contribution in [2.75, 3.05) is 19.8 Å². The van der Waals surface area contributed by atoms with Crippen LogP contribution in [0.2, 0.25) is 10.0 Å². The van der Waals surface area contributed by atoms with Crippen LogP contribution in [0.4, 0.5) is 0 Å². The SMILES string of the molecule is CCOc1ccc(CNC(=O)COc2ccc(Cl)cc2Cl)cc1OCC. The summed E-state index contributed by atoms with van der Waals surface area (Å²) in [6.07, 6.45) is 0. The molecule has 0 bridgehead atoms. The Morgan fingerprint density at radius 3 is 2.31 bits per heavy atom. The fraction of sp³-hybridized carbons (Fsp3) is 0.316. The van der Waals surface area contributed by atoms with Gasteiger partial charge in [-0.05, 0) is 49.7 Å². The first-order chi connectivity index (χ1) is 12.5. The van der Waals surface area contributed by atoms with Crippen LogP contribution >= 0.6 is 23.2 Å². The van der Waals surface area contributed by atoms with Crippen molar-refractivity contribution >= 4 is 29.1 Å². The highest BCUT2D eigenvalue weighted by molar-refractivity contribution is 6.35. The third-order valence-electron chi connectivity index (χ3n) is 3.35. The summed E-state index contributed by atoms with van der Waals surface area (Å²) in [6.45, 7) is 5.12. The van der Waals surface area contributed by atoms with Gasteiger partial charge in [-0.2, -0.15) is 0 Å². The molecule has 0 aliphatic rings. The molecule has 0 unspecified atom stereocenters. The second-order valence-electron chi connectivity index (χ2n) is 5.29. The van der Waals surface area contributed by atoms with Gasteiger partial charge in [0.15, 0.2) is 18.1 Å². The summed E-state index contributed by atoms with van der Waals surface area (Å²) in [5.74, 6) is 1.49. The number of nitrogens with one attached hydrogen (secondary N) is 1. The van der Waals surface area contributed by atoms with E-state index in [2.05, 4.69) is 5.32 Å². The average Bonchev–Trinajstić information content (AvgIpc) is 2.61. The van der Waals surface area contributed by atoms with Crippen molar-refractivity contribution in [3.05, 3.63) is 52.0 Å². The van der Waals surface area contributed by atoms with E-state index in [9.17, 15) is 4.79 Å². The smallest absolute Gasteiger partial charge is 0.258 e. The maximum absolute atomic E-state index is 12.0. The standard InChI is InChI=1S/C19H21Cl2NO4/c1-3-24-17-7-5-13(9-18(17)25-4-2)11-22-19(23)12-26-16-8-6-14(20)10-15(16)21/h5-10H,3-4,11-12H2,1-2H3,(H,22,23). The number of hydrogen-bond donors (Lipinski definition) is 1. The summed E-state index contributed by atoms with van der Waals surface area (Å²) >= 11 is 11.8. The molecule has 0 heterocycles. The quantitative estimate of drug-likeness (QED) is 0.677. The van der Waals surface area contributed by atoms with Crippen LogP contribution in [-0.4, -0.2) is 25.7 Å². The topological polar surface area (TPSA) is 56.8 Å². The molecule has 0 atom stereocenters. The molecule has 0 radical (unpaired) electrons. The molecular formula is C19H21Cl2NO4. The number of halogens is 2. The largest absolute Gasteiger partial charge is 0.490 e. The highest BCUT2D eigenvalue weighted by Gasteiger charge is 2.09. The molecule has 2 aromatic rings. The van der Waals surface area contributed by atoms with Crippen molar-refractivity contribution in [1.29, 1.82) is 0 Å². The molecule has 0 saturated carbocycles. The van der Waals surface area contributed by atoms with Crippen LogP contribution in [0.1, 0.15) is 19.4 Å². The summed E-state index contributed by atoms with van der Waals surface area (Å²) in [4.78, 5) is 12.0. The number of amides is 1. The Kier molecular flexibility index (Phi) is 7.88. The molecular weight excluding hydrogens is 377 g/mol. The Morgan fingerprint density at radius 2 is 1.62 bits per heavy atom. The summed E-state index contributed by atoms with van der Waals surface area (Å²) in [5, 5.41) is 3.66. The molecule has 2 rings (SSSR count).